The fourth-order valence-corrected chi connectivity index (χ4v) is 3.99. The maximum absolute atomic E-state index is 12.6. The van der Waals surface area contributed by atoms with Crippen molar-refractivity contribution >= 4 is 15.7 Å². The summed E-state index contributed by atoms with van der Waals surface area (Å²) in [5, 5.41) is 10.8. The van der Waals surface area contributed by atoms with Gasteiger partial charge in [0.2, 0.25) is 10.0 Å². The highest BCUT2D eigenvalue weighted by molar-refractivity contribution is 7.89. The Morgan fingerprint density at radius 3 is 2.65 bits per heavy atom. The number of nitrogens with zero attached hydrogens (tertiary/aromatic N) is 2. The first-order valence-electron chi connectivity index (χ1n) is 7.51. The molecule has 8 nitrogen and oxygen atoms in total. The minimum absolute atomic E-state index is 0.0399. The lowest BCUT2D eigenvalue weighted by molar-refractivity contribution is -0.385. The molecular weight excluding hydrogens is 322 g/mol. The Kier molecular flexibility index (Phi) is 6.05. The van der Waals surface area contributed by atoms with E-state index in [0.29, 0.717) is 39.1 Å². The first kappa shape index (κ1) is 17.8. The maximum atomic E-state index is 12.6. The topological polar surface area (TPSA) is 116 Å². The summed E-state index contributed by atoms with van der Waals surface area (Å²) in [4.78, 5) is 10.1. The predicted octanol–water partition coefficient (Wildman–Crippen LogP) is 1.11. The minimum atomic E-state index is -3.71. The van der Waals surface area contributed by atoms with Gasteiger partial charge in [0.05, 0.1) is 15.9 Å². The standard InChI is InChI=1S/C14H21N3O5S/c15-7-2-10-22-13-5-8-16(9-6-13)23(20,21)14-4-1-3-12(11-14)17(18)19/h1,3-4,11,13H,2,5-10,15H2. The summed E-state index contributed by atoms with van der Waals surface area (Å²) in [5.41, 5.74) is 5.18. The third-order valence-corrected chi connectivity index (χ3v) is 5.66. The molecule has 0 atom stereocenters. The highest BCUT2D eigenvalue weighted by Crippen LogP contribution is 2.24. The number of sulfonamides is 1. The molecule has 1 heterocycles. The van der Waals surface area contributed by atoms with Gasteiger partial charge in [-0.05, 0) is 31.9 Å². The Morgan fingerprint density at radius 1 is 1.35 bits per heavy atom. The molecule has 0 aromatic heterocycles. The van der Waals surface area contributed by atoms with Crippen LogP contribution in [0.2, 0.25) is 0 Å². The van der Waals surface area contributed by atoms with Gasteiger partial charge in [0, 0.05) is 31.8 Å². The smallest absolute Gasteiger partial charge is 0.270 e. The molecule has 0 aliphatic carbocycles. The average molecular weight is 343 g/mol. The summed E-state index contributed by atoms with van der Waals surface area (Å²) >= 11 is 0. The number of piperidine rings is 1. The normalized spacial score (nSPS) is 17.3. The second kappa shape index (κ2) is 7.82. The lowest BCUT2D eigenvalue weighted by Crippen LogP contribution is -2.41. The van der Waals surface area contributed by atoms with Crippen molar-refractivity contribution in [1.29, 1.82) is 0 Å². The van der Waals surface area contributed by atoms with Crippen molar-refractivity contribution in [2.24, 2.45) is 5.73 Å². The Bertz CT molecular complexity index is 642. The molecule has 0 saturated carbocycles. The number of nitro groups is 1. The number of non-ortho nitro benzene ring substituents is 1. The Balaban J connectivity index is 2.01. The fourth-order valence-electron chi connectivity index (χ4n) is 2.48. The zero-order valence-corrected chi connectivity index (χ0v) is 13.6. The van der Waals surface area contributed by atoms with E-state index in [4.69, 9.17) is 10.5 Å². The molecule has 1 aromatic carbocycles. The van der Waals surface area contributed by atoms with E-state index in [9.17, 15) is 18.5 Å². The van der Waals surface area contributed by atoms with E-state index in [2.05, 4.69) is 0 Å². The van der Waals surface area contributed by atoms with Crippen molar-refractivity contribution < 1.29 is 18.1 Å². The van der Waals surface area contributed by atoms with E-state index in [1.54, 1.807) is 0 Å². The molecule has 0 unspecified atom stereocenters. The fraction of sp³-hybridized carbons (Fsp3) is 0.571. The van der Waals surface area contributed by atoms with Crippen molar-refractivity contribution in [1.82, 2.24) is 4.31 Å². The van der Waals surface area contributed by atoms with Crippen molar-refractivity contribution in [2.75, 3.05) is 26.2 Å². The molecule has 1 saturated heterocycles. The van der Waals surface area contributed by atoms with Crippen LogP contribution in [-0.4, -0.2) is 50.0 Å². The van der Waals surface area contributed by atoms with Crippen LogP contribution in [0.3, 0.4) is 0 Å². The van der Waals surface area contributed by atoms with Gasteiger partial charge in [-0.3, -0.25) is 10.1 Å². The largest absolute Gasteiger partial charge is 0.378 e. The van der Waals surface area contributed by atoms with E-state index in [1.807, 2.05) is 0 Å². The first-order chi connectivity index (χ1) is 10.9. The van der Waals surface area contributed by atoms with Gasteiger partial charge < -0.3 is 10.5 Å². The predicted molar refractivity (Wildman–Crippen MR) is 84.5 cm³/mol. The van der Waals surface area contributed by atoms with Gasteiger partial charge in [0.15, 0.2) is 0 Å². The molecule has 9 heteroatoms. The second-order valence-corrected chi connectivity index (χ2v) is 7.31. The van der Waals surface area contributed by atoms with Crippen LogP contribution in [0.4, 0.5) is 5.69 Å². The molecule has 1 aliphatic heterocycles. The lowest BCUT2D eigenvalue weighted by Gasteiger charge is -2.31. The van der Waals surface area contributed by atoms with Crippen LogP contribution in [-0.2, 0) is 14.8 Å². The van der Waals surface area contributed by atoms with Crippen LogP contribution in [0, 0.1) is 10.1 Å². The van der Waals surface area contributed by atoms with Crippen LogP contribution in [0.1, 0.15) is 19.3 Å². The third-order valence-electron chi connectivity index (χ3n) is 3.77. The Hall–Kier alpha value is -1.55. The number of benzene rings is 1. The number of hydrogen-bond donors (Lipinski definition) is 1. The third kappa shape index (κ3) is 4.47. The van der Waals surface area contributed by atoms with Crippen molar-refractivity contribution in [3.63, 3.8) is 0 Å². The summed E-state index contributed by atoms with van der Waals surface area (Å²) in [5.74, 6) is 0. The SMILES string of the molecule is NCCCOC1CCN(S(=O)(=O)c2cccc([N+](=O)[O-])c2)CC1. The summed E-state index contributed by atoms with van der Waals surface area (Å²) in [7, 11) is -3.71. The van der Waals surface area contributed by atoms with Gasteiger partial charge in [-0.25, -0.2) is 8.42 Å². The number of nitrogens with two attached hydrogens (primary N) is 1. The van der Waals surface area contributed by atoms with Gasteiger partial charge in [0.1, 0.15) is 0 Å². The zero-order chi connectivity index (χ0) is 16.9. The molecule has 2 N–H and O–H groups in total. The van der Waals surface area contributed by atoms with E-state index < -0.39 is 14.9 Å². The molecule has 0 radical (unpaired) electrons. The van der Waals surface area contributed by atoms with Crippen molar-refractivity contribution in [3.8, 4) is 0 Å². The van der Waals surface area contributed by atoms with Crippen LogP contribution >= 0.6 is 0 Å². The highest BCUT2D eigenvalue weighted by atomic mass is 32.2. The van der Waals surface area contributed by atoms with E-state index in [1.165, 1.54) is 22.5 Å². The quantitative estimate of drug-likeness (QED) is 0.450. The van der Waals surface area contributed by atoms with Crippen LogP contribution in [0.25, 0.3) is 0 Å². The van der Waals surface area contributed by atoms with Gasteiger partial charge in [0.25, 0.3) is 5.69 Å². The molecule has 1 fully saturated rings. The molecule has 2 rings (SSSR count). The lowest BCUT2D eigenvalue weighted by atomic mass is 10.1. The molecule has 23 heavy (non-hydrogen) atoms. The first-order valence-corrected chi connectivity index (χ1v) is 8.95. The van der Waals surface area contributed by atoms with Crippen LogP contribution in [0.15, 0.2) is 29.2 Å². The van der Waals surface area contributed by atoms with Gasteiger partial charge in [-0.2, -0.15) is 4.31 Å². The summed E-state index contributed by atoms with van der Waals surface area (Å²) < 4.78 is 32.2. The summed E-state index contributed by atoms with van der Waals surface area (Å²) in [6, 6.07) is 5.13. The zero-order valence-electron chi connectivity index (χ0n) is 12.8. The highest BCUT2D eigenvalue weighted by Gasteiger charge is 2.30. The number of hydrogen-bond acceptors (Lipinski definition) is 6. The number of rotatable bonds is 7. The molecule has 0 spiro atoms. The van der Waals surface area contributed by atoms with Crippen LogP contribution < -0.4 is 5.73 Å². The van der Waals surface area contributed by atoms with Gasteiger partial charge in [-0.1, -0.05) is 6.07 Å². The van der Waals surface area contributed by atoms with Crippen molar-refractivity contribution in [3.05, 3.63) is 34.4 Å². The van der Waals surface area contributed by atoms with Gasteiger partial charge >= 0.3 is 0 Å². The molecule has 0 amide bonds. The molecule has 128 valence electrons. The summed E-state index contributed by atoms with van der Waals surface area (Å²) in [6.07, 6.45) is 2.04. The minimum Gasteiger partial charge on any atom is -0.378 e. The molecular formula is C14H21N3O5S. The van der Waals surface area contributed by atoms with E-state index in [0.717, 1.165) is 12.5 Å². The average Bonchev–Trinajstić information content (AvgIpc) is 2.55. The molecule has 1 aliphatic rings. The Labute approximate surface area is 135 Å². The van der Waals surface area contributed by atoms with Crippen molar-refractivity contribution in [2.45, 2.75) is 30.3 Å². The molecule has 1 aromatic rings. The van der Waals surface area contributed by atoms with E-state index in [-0.39, 0.29) is 16.7 Å². The monoisotopic (exact) mass is 343 g/mol. The number of ether oxygens (including phenoxy) is 1. The summed E-state index contributed by atoms with van der Waals surface area (Å²) in [6.45, 7) is 1.84. The van der Waals surface area contributed by atoms with E-state index >= 15 is 0 Å². The molecule has 0 bridgehead atoms. The number of nitro benzene ring substituents is 1. The second-order valence-electron chi connectivity index (χ2n) is 5.37. The van der Waals surface area contributed by atoms with Gasteiger partial charge in [-0.15, -0.1) is 0 Å². The maximum Gasteiger partial charge on any atom is 0.270 e. The van der Waals surface area contributed by atoms with Crippen LogP contribution in [0.5, 0.6) is 0 Å². The Morgan fingerprint density at radius 2 is 2.04 bits per heavy atom.